The largest absolute Gasteiger partial charge is 0.313 e. The van der Waals surface area contributed by atoms with Gasteiger partial charge in [-0.2, -0.15) is 5.10 Å². The normalized spacial score (nSPS) is 12.7. The summed E-state index contributed by atoms with van der Waals surface area (Å²) in [5.74, 6) is 0.871. The SMILES string of the molecule is CNC(C)c1ccnc(-n2nc(C)cc2C)c1. The molecule has 0 spiro atoms. The molecule has 0 aliphatic heterocycles. The Kier molecular flexibility index (Phi) is 3.24. The molecule has 17 heavy (non-hydrogen) atoms. The molecule has 2 aromatic rings. The number of hydrogen-bond acceptors (Lipinski definition) is 3. The lowest BCUT2D eigenvalue weighted by molar-refractivity contribution is 0.649. The van der Waals surface area contributed by atoms with Crippen LogP contribution in [0.15, 0.2) is 24.4 Å². The summed E-state index contributed by atoms with van der Waals surface area (Å²) < 4.78 is 1.88. The second kappa shape index (κ2) is 4.67. The first kappa shape index (κ1) is 11.8. The van der Waals surface area contributed by atoms with Crippen LogP contribution in [0.25, 0.3) is 5.82 Å². The Labute approximate surface area is 102 Å². The minimum absolute atomic E-state index is 0.314. The van der Waals surface area contributed by atoms with Gasteiger partial charge in [0.1, 0.15) is 0 Å². The van der Waals surface area contributed by atoms with E-state index in [4.69, 9.17) is 0 Å². The van der Waals surface area contributed by atoms with Crippen LogP contribution in [0.4, 0.5) is 0 Å². The molecule has 0 aliphatic rings. The molecule has 0 radical (unpaired) electrons. The lowest BCUT2D eigenvalue weighted by Gasteiger charge is -2.11. The van der Waals surface area contributed by atoms with Crippen LogP contribution in [0.5, 0.6) is 0 Å². The average Bonchev–Trinajstić information content (AvgIpc) is 2.67. The molecule has 2 heterocycles. The number of nitrogens with one attached hydrogen (secondary N) is 1. The van der Waals surface area contributed by atoms with Crippen molar-refractivity contribution in [2.24, 2.45) is 0 Å². The molecule has 0 amide bonds. The average molecular weight is 230 g/mol. The van der Waals surface area contributed by atoms with Crippen molar-refractivity contribution in [3.05, 3.63) is 41.3 Å². The number of aryl methyl sites for hydroxylation is 2. The predicted octanol–water partition coefficient (Wildman–Crippen LogP) is 2.16. The topological polar surface area (TPSA) is 42.7 Å². The molecule has 2 rings (SSSR count). The van der Waals surface area contributed by atoms with Gasteiger partial charge in [0.25, 0.3) is 0 Å². The van der Waals surface area contributed by atoms with Crippen molar-refractivity contribution in [3.8, 4) is 5.82 Å². The van der Waals surface area contributed by atoms with Gasteiger partial charge in [0.15, 0.2) is 5.82 Å². The second-order valence-corrected chi connectivity index (χ2v) is 4.30. The Morgan fingerprint density at radius 3 is 2.65 bits per heavy atom. The van der Waals surface area contributed by atoms with E-state index >= 15 is 0 Å². The molecule has 90 valence electrons. The van der Waals surface area contributed by atoms with Crippen LogP contribution >= 0.6 is 0 Å². The Morgan fingerprint density at radius 1 is 1.29 bits per heavy atom. The molecule has 0 saturated heterocycles. The number of rotatable bonds is 3. The van der Waals surface area contributed by atoms with Gasteiger partial charge >= 0.3 is 0 Å². The third-order valence-electron chi connectivity index (χ3n) is 2.93. The Morgan fingerprint density at radius 2 is 2.06 bits per heavy atom. The summed E-state index contributed by atoms with van der Waals surface area (Å²) in [7, 11) is 1.95. The van der Waals surface area contributed by atoms with E-state index in [1.807, 2.05) is 37.8 Å². The quantitative estimate of drug-likeness (QED) is 0.878. The molecule has 1 N–H and O–H groups in total. The summed E-state index contributed by atoms with van der Waals surface area (Å²) in [6.07, 6.45) is 1.83. The minimum atomic E-state index is 0.314. The minimum Gasteiger partial charge on any atom is -0.313 e. The van der Waals surface area contributed by atoms with Gasteiger partial charge in [0.05, 0.1) is 5.69 Å². The summed E-state index contributed by atoms with van der Waals surface area (Å²) in [4.78, 5) is 4.37. The second-order valence-electron chi connectivity index (χ2n) is 4.30. The lowest BCUT2D eigenvalue weighted by atomic mass is 10.1. The Bertz CT molecular complexity index is 516. The molecular weight excluding hydrogens is 212 g/mol. The Balaban J connectivity index is 2.43. The molecule has 1 atom stereocenters. The predicted molar refractivity (Wildman–Crippen MR) is 68.3 cm³/mol. The van der Waals surface area contributed by atoms with Crippen molar-refractivity contribution in [3.63, 3.8) is 0 Å². The van der Waals surface area contributed by atoms with Crippen molar-refractivity contribution in [1.82, 2.24) is 20.1 Å². The number of aromatic nitrogens is 3. The van der Waals surface area contributed by atoms with Gasteiger partial charge in [-0.25, -0.2) is 9.67 Å². The fourth-order valence-corrected chi connectivity index (χ4v) is 1.85. The Hall–Kier alpha value is -1.68. The molecule has 0 bridgehead atoms. The fraction of sp³-hybridized carbons (Fsp3) is 0.385. The molecule has 4 nitrogen and oxygen atoms in total. The highest BCUT2D eigenvalue weighted by Gasteiger charge is 2.08. The standard InChI is InChI=1S/C13H18N4/c1-9-7-10(2)17(16-9)13-8-12(5-6-15-13)11(3)14-4/h5-8,11,14H,1-4H3. The number of nitrogens with zero attached hydrogens (tertiary/aromatic N) is 3. The van der Waals surface area contributed by atoms with Gasteiger partial charge < -0.3 is 5.32 Å². The lowest BCUT2D eigenvalue weighted by Crippen LogP contribution is -2.13. The molecule has 1 unspecified atom stereocenters. The first-order valence-corrected chi connectivity index (χ1v) is 5.78. The van der Waals surface area contributed by atoms with Gasteiger partial charge in [-0.15, -0.1) is 0 Å². The first-order valence-electron chi connectivity index (χ1n) is 5.78. The first-order chi connectivity index (χ1) is 8.11. The summed E-state index contributed by atoms with van der Waals surface area (Å²) in [5.41, 5.74) is 3.32. The van der Waals surface area contributed by atoms with Crippen molar-refractivity contribution < 1.29 is 0 Å². The summed E-state index contributed by atoms with van der Waals surface area (Å²) in [5, 5.41) is 7.66. The van der Waals surface area contributed by atoms with E-state index < -0.39 is 0 Å². The molecule has 4 heteroatoms. The smallest absolute Gasteiger partial charge is 0.153 e. The summed E-state index contributed by atoms with van der Waals surface area (Å²) in [6, 6.07) is 6.46. The molecule has 0 aliphatic carbocycles. The number of hydrogen-bond donors (Lipinski definition) is 1. The maximum atomic E-state index is 4.44. The van der Waals surface area contributed by atoms with Crippen LogP contribution in [0, 0.1) is 13.8 Å². The van der Waals surface area contributed by atoms with E-state index in [-0.39, 0.29) is 0 Å². The maximum absolute atomic E-state index is 4.44. The molecule has 0 fully saturated rings. The molecule has 0 aromatic carbocycles. The fourth-order valence-electron chi connectivity index (χ4n) is 1.85. The maximum Gasteiger partial charge on any atom is 0.153 e. The van der Waals surface area contributed by atoms with E-state index in [2.05, 4.69) is 34.5 Å². The zero-order valence-corrected chi connectivity index (χ0v) is 10.7. The third kappa shape index (κ3) is 2.36. The van der Waals surface area contributed by atoms with Crippen LogP contribution in [0.1, 0.15) is 29.9 Å². The van der Waals surface area contributed by atoms with E-state index in [0.717, 1.165) is 17.2 Å². The van der Waals surface area contributed by atoms with Crippen LogP contribution in [0.2, 0.25) is 0 Å². The van der Waals surface area contributed by atoms with Crippen molar-refractivity contribution in [2.75, 3.05) is 7.05 Å². The summed E-state index contributed by atoms with van der Waals surface area (Å²) in [6.45, 7) is 6.15. The summed E-state index contributed by atoms with van der Waals surface area (Å²) >= 11 is 0. The highest BCUT2D eigenvalue weighted by molar-refractivity contribution is 5.31. The van der Waals surface area contributed by atoms with Gasteiger partial charge in [-0.05, 0) is 51.6 Å². The van der Waals surface area contributed by atoms with Crippen molar-refractivity contribution in [1.29, 1.82) is 0 Å². The van der Waals surface area contributed by atoms with Crippen LogP contribution in [0.3, 0.4) is 0 Å². The van der Waals surface area contributed by atoms with Gasteiger partial charge in [-0.1, -0.05) is 0 Å². The van der Waals surface area contributed by atoms with Crippen LogP contribution < -0.4 is 5.32 Å². The van der Waals surface area contributed by atoms with E-state index in [1.54, 1.807) is 0 Å². The number of pyridine rings is 1. The highest BCUT2D eigenvalue weighted by Crippen LogP contribution is 2.15. The van der Waals surface area contributed by atoms with Gasteiger partial charge in [0, 0.05) is 17.9 Å². The third-order valence-corrected chi connectivity index (χ3v) is 2.93. The van der Waals surface area contributed by atoms with Crippen LogP contribution in [-0.4, -0.2) is 21.8 Å². The van der Waals surface area contributed by atoms with E-state index in [0.29, 0.717) is 6.04 Å². The zero-order valence-electron chi connectivity index (χ0n) is 10.7. The molecule has 2 aromatic heterocycles. The van der Waals surface area contributed by atoms with Gasteiger partial charge in [0.2, 0.25) is 0 Å². The van der Waals surface area contributed by atoms with Crippen molar-refractivity contribution >= 4 is 0 Å². The van der Waals surface area contributed by atoms with Gasteiger partial charge in [-0.3, -0.25) is 0 Å². The van der Waals surface area contributed by atoms with E-state index in [9.17, 15) is 0 Å². The van der Waals surface area contributed by atoms with E-state index in [1.165, 1.54) is 5.56 Å². The molecular formula is C13H18N4. The monoisotopic (exact) mass is 230 g/mol. The highest BCUT2D eigenvalue weighted by atomic mass is 15.3. The zero-order chi connectivity index (χ0) is 12.4. The molecule has 0 saturated carbocycles. The van der Waals surface area contributed by atoms with Crippen LogP contribution in [-0.2, 0) is 0 Å². The van der Waals surface area contributed by atoms with Crippen molar-refractivity contribution in [2.45, 2.75) is 26.8 Å².